The summed E-state index contributed by atoms with van der Waals surface area (Å²) in [6.45, 7) is 2.03. The van der Waals surface area contributed by atoms with Gasteiger partial charge in [0.15, 0.2) is 0 Å². The molecule has 0 fully saturated rings. The van der Waals surface area contributed by atoms with Crippen LogP contribution in [0.25, 0.3) is 11.0 Å². The summed E-state index contributed by atoms with van der Waals surface area (Å²) < 4.78 is 13.3. The number of hydrogen-bond donors (Lipinski definition) is 1. The molecule has 3 aromatic carbocycles. The lowest BCUT2D eigenvalue weighted by Crippen LogP contribution is -2.26. The molecule has 7 heteroatoms. The monoisotopic (exact) mass is 491 g/mol. The first-order valence-electron chi connectivity index (χ1n) is 11.8. The highest BCUT2D eigenvalue weighted by Gasteiger charge is 2.11. The van der Waals surface area contributed by atoms with E-state index >= 15 is 0 Å². The average Bonchev–Trinajstić information content (AvgIpc) is 3.23. The molecule has 0 aliphatic rings. The van der Waals surface area contributed by atoms with Gasteiger partial charge in [-0.05, 0) is 66.9 Å². The summed E-state index contributed by atoms with van der Waals surface area (Å²) in [6.07, 6.45) is 2.81. The Hall–Kier alpha value is -3.51. The Kier molecular flexibility index (Phi) is 8.63. The minimum Gasteiger partial charge on any atom is -0.497 e. The van der Waals surface area contributed by atoms with Crippen LogP contribution >= 0.6 is 11.6 Å². The molecule has 0 aliphatic carbocycles. The van der Waals surface area contributed by atoms with Gasteiger partial charge in [0.1, 0.15) is 17.3 Å². The van der Waals surface area contributed by atoms with Crippen LogP contribution in [0.1, 0.15) is 24.2 Å². The van der Waals surface area contributed by atoms with E-state index in [2.05, 4.69) is 16.0 Å². The Labute approximate surface area is 210 Å². The molecule has 6 nitrogen and oxygen atoms in total. The molecule has 1 amide bonds. The Morgan fingerprint density at radius 2 is 1.71 bits per heavy atom. The second-order valence-corrected chi connectivity index (χ2v) is 8.74. The van der Waals surface area contributed by atoms with Crippen LogP contribution in [-0.2, 0) is 24.2 Å². The van der Waals surface area contributed by atoms with Gasteiger partial charge in [0.25, 0.3) is 0 Å². The number of aryl methyl sites for hydroxylation is 2. The first kappa shape index (κ1) is 24.6. The van der Waals surface area contributed by atoms with E-state index in [1.54, 1.807) is 19.2 Å². The number of ether oxygens (including phenoxy) is 2. The van der Waals surface area contributed by atoms with Gasteiger partial charge in [-0.3, -0.25) is 4.79 Å². The number of rotatable bonds is 12. The molecule has 0 bridgehead atoms. The molecule has 1 aromatic heterocycles. The number of benzene rings is 3. The Balaban J connectivity index is 1.27. The molecule has 1 N–H and O–H groups in total. The van der Waals surface area contributed by atoms with Gasteiger partial charge in [-0.15, -0.1) is 0 Å². The van der Waals surface area contributed by atoms with E-state index in [9.17, 15) is 4.79 Å². The smallest absolute Gasteiger partial charge is 0.224 e. The zero-order valence-corrected chi connectivity index (χ0v) is 20.6. The number of methoxy groups -OCH3 is 1. The number of amides is 1. The van der Waals surface area contributed by atoms with Gasteiger partial charge in [-0.1, -0.05) is 35.9 Å². The predicted molar refractivity (Wildman–Crippen MR) is 139 cm³/mol. The van der Waals surface area contributed by atoms with Crippen molar-refractivity contribution in [3.05, 3.63) is 89.2 Å². The van der Waals surface area contributed by atoms with Crippen molar-refractivity contribution in [2.45, 2.75) is 32.2 Å². The van der Waals surface area contributed by atoms with Crippen molar-refractivity contribution in [1.82, 2.24) is 14.9 Å². The number of aromatic nitrogens is 2. The van der Waals surface area contributed by atoms with Gasteiger partial charge < -0.3 is 19.4 Å². The highest BCUT2D eigenvalue weighted by atomic mass is 35.5. The summed E-state index contributed by atoms with van der Waals surface area (Å²) in [5.41, 5.74) is 3.06. The number of carbonyl (C=O) groups is 1. The van der Waals surface area contributed by atoms with Crippen LogP contribution in [0.2, 0.25) is 5.02 Å². The van der Waals surface area contributed by atoms with E-state index in [0.29, 0.717) is 24.6 Å². The molecule has 4 aromatic rings. The van der Waals surface area contributed by atoms with E-state index in [-0.39, 0.29) is 5.91 Å². The van der Waals surface area contributed by atoms with Crippen LogP contribution in [0, 0.1) is 0 Å². The van der Waals surface area contributed by atoms with Gasteiger partial charge in [0.2, 0.25) is 5.91 Å². The molecule has 0 spiro atoms. The van der Waals surface area contributed by atoms with Crippen LogP contribution < -0.4 is 14.8 Å². The van der Waals surface area contributed by atoms with Crippen LogP contribution in [0.3, 0.4) is 0 Å². The third-order valence-corrected chi connectivity index (χ3v) is 6.02. The van der Waals surface area contributed by atoms with Crippen molar-refractivity contribution in [2.24, 2.45) is 0 Å². The second-order valence-electron chi connectivity index (χ2n) is 8.30. The molecule has 0 saturated carbocycles. The average molecular weight is 492 g/mol. The number of carbonyl (C=O) groups excluding carboxylic acids is 1. The quantitative estimate of drug-likeness (QED) is 0.267. The van der Waals surface area contributed by atoms with E-state index in [1.807, 2.05) is 54.6 Å². The van der Waals surface area contributed by atoms with Crippen molar-refractivity contribution in [1.29, 1.82) is 0 Å². The minimum atomic E-state index is 0.0107. The van der Waals surface area contributed by atoms with E-state index in [4.69, 9.17) is 26.1 Å². The maximum atomic E-state index is 12.3. The molecule has 0 radical (unpaired) electrons. The highest BCUT2D eigenvalue weighted by molar-refractivity contribution is 6.30. The number of fused-ring (bicyclic) bond motifs is 1. The number of hydrogen-bond acceptors (Lipinski definition) is 4. The lowest BCUT2D eigenvalue weighted by atomic mass is 10.1. The van der Waals surface area contributed by atoms with Crippen molar-refractivity contribution < 1.29 is 14.3 Å². The minimum absolute atomic E-state index is 0.0107. The van der Waals surface area contributed by atoms with Gasteiger partial charge in [0.05, 0.1) is 31.2 Å². The van der Waals surface area contributed by atoms with Gasteiger partial charge >= 0.3 is 0 Å². The number of halogens is 1. The third kappa shape index (κ3) is 6.99. The topological polar surface area (TPSA) is 65.4 Å². The van der Waals surface area contributed by atoms with Crippen molar-refractivity contribution in [2.75, 3.05) is 20.3 Å². The Morgan fingerprint density at radius 3 is 2.49 bits per heavy atom. The maximum Gasteiger partial charge on any atom is 0.224 e. The summed E-state index contributed by atoms with van der Waals surface area (Å²) in [7, 11) is 1.65. The lowest BCUT2D eigenvalue weighted by molar-refractivity contribution is -0.120. The summed E-state index contributed by atoms with van der Waals surface area (Å²) in [5.74, 6) is 2.68. The molecular formula is C28H30ClN3O3. The van der Waals surface area contributed by atoms with E-state index < -0.39 is 0 Å². The SMILES string of the molecule is COc1ccc(OCCCn2c(CCCNC(=O)Cc3ccc(Cl)cc3)nc3ccccc32)cc1. The molecule has 4 rings (SSSR count). The summed E-state index contributed by atoms with van der Waals surface area (Å²) in [4.78, 5) is 17.1. The first-order chi connectivity index (χ1) is 17.1. The fourth-order valence-corrected chi connectivity index (χ4v) is 4.10. The molecule has 182 valence electrons. The molecule has 0 atom stereocenters. The van der Waals surface area contributed by atoms with Crippen LogP contribution in [0.4, 0.5) is 0 Å². The van der Waals surface area contributed by atoms with Crippen molar-refractivity contribution in [3.63, 3.8) is 0 Å². The van der Waals surface area contributed by atoms with Crippen LogP contribution in [-0.4, -0.2) is 35.7 Å². The van der Waals surface area contributed by atoms with Gasteiger partial charge in [0, 0.05) is 24.5 Å². The lowest BCUT2D eigenvalue weighted by Gasteiger charge is -2.11. The third-order valence-electron chi connectivity index (χ3n) is 5.77. The predicted octanol–water partition coefficient (Wildman–Crippen LogP) is 5.46. The number of nitrogens with one attached hydrogen (secondary N) is 1. The summed E-state index contributed by atoms with van der Waals surface area (Å²) in [5, 5.41) is 3.68. The fraction of sp³-hybridized carbons (Fsp3) is 0.286. The number of imidazole rings is 1. The molecule has 1 heterocycles. The number of para-hydroxylation sites is 2. The Bertz CT molecular complexity index is 1240. The van der Waals surface area contributed by atoms with E-state index in [0.717, 1.165) is 59.7 Å². The summed E-state index contributed by atoms with van der Waals surface area (Å²) >= 11 is 5.91. The highest BCUT2D eigenvalue weighted by Crippen LogP contribution is 2.19. The Morgan fingerprint density at radius 1 is 0.971 bits per heavy atom. The molecule has 35 heavy (non-hydrogen) atoms. The zero-order valence-electron chi connectivity index (χ0n) is 19.9. The second kappa shape index (κ2) is 12.3. The van der Waals surface area contributed by atoms with E-state index in [1.165, 1.54) is 0 Å². The molecular weight excluding hydrogens is 462 g/mol. The van der Waals surface area contributed by atoms with Gasteiger partial charge in [-0.25, -0.2) is 4.98 Å². The van der Waals surface area contributed by atoms with Crippen LogP contribution in [0.5, 0.6) is 11.5 Å². The standard InChI is InChI=1S/C28H30ClN3O3/c1-34-23-13-15-24(16-14-23)35-19-5-18-32-26-7-3-2-6-25(26)31-27(32)8-4-17-30-28(33)20-21-9-11-22(29)12-10-21/h2-3,6-7,9-16H,4-5,8,17-20H2,1H3,(H,30,33). The largest absolute Gasteiger partial charge is 0.497 e. The molecule has 0 saturated heterocycles. The molecule has 0 unspecified atom stereocenters. The number of nitrogens with zero attached hydrogens (tertiary/aromatic N) is 2. The van der Waals surface area contributed by atoms with Crippen LogP contribution in [0.15, 0.2) is 72.8 Å². The zero-order chi connectivity index (χ0) is 24.5. The van der Waals surface area contributed by atoms with Crippen molar-refractivity contribution >= 4 is 28.5 Å². The molecule has 0 aliphatic heterocycles. The first-order valence-corrected chi connectivity index (χ1v) is 12.2. The summed E-state index contributed by atoms with van der Waals surface area (Å²) in [6, 6.07) is 23.2. The fourth-order valence-electron chi connectivity index (χ4n) is 3.97. The van der Waals surface area contributed by atoms with Crippen molar-refractivity contribution in [3.8, 4) is 11.5 Å². The van der Waals surface area contributed by atoms with Gasteiger partial charge in [-0.2, -0.15) is 0 Å². The normalized spacial score (nSPS) is 10.9. The maximum absolute atomic E-state index is 12.3.